The van der Waals surface area contributed by atoms with E-state index in [1.165, 1.54) is 11.6 Å². The van der Waals surface area contributed by atoms with Crippen molar-refractivity contribution >= 4 is 5.91 Å². The summed E-state index contributed by atoms with van der Waals surface area (Å²) in [6, 6.07) is 16.9. The van der Waals surface area contributed by atoms with Gasteiger partial charge in [-0.3, -0.25) is 4.79 Å². The number of likely N-dealkylation sites (tertiary alicyclic amines) is 1. The van der Waals surface area contributed by atoms with Crippen LogP contribution in [0.3, 0.4) is 0 Å². The minimum absolute atomic E-state index is 0.0574. The summed E-state index contributed by atoms with van der Waals surface area (Å²) in [5.41, 5.74) is 1.84. The summed E-state index contributed by atoms with van der Waals surface area (Å²) >= 11 is 0. The molecule has 1 aliphatic heterocycles. The molecule has 1 saturated heterocycles. The summed E-state index contributed by atoms with van der Waals surface area (Å²) in [7, 11) is 2.04. The number of hydrogen-bond donors (Lipinski definition) is 1. The molecule has 2 atom stereocenters. The predicted molar refractivity (Wildman–Crippen MR) is 93.3 cm³/mol. The van der Waals surface area contributed by atoms with Crippen molar-refractivity contribution in [3.63, 3.8) is 0 Å². The van der Waals surface area contributed by atoms with Gasteiger partial charge in [0.25, 0.3) is 0 Å². The van der Waals surface area contributed by atoms with Gasteiger partial charge in [-0.1, -0.05) is 48.5 Å². The Kier molecular flexibility index (Phi) is 5.26. The molecule has 1 heterocycles. The molecule has 0 aromatic heterocycles. The van der Waals surface area contributed by atoms with E-state index < -0.39 is 0 Å². The van der Waals surface area contributed by atoms with Crippen LogP contribution in [0.5, 0.6) is 0 Å². The Hall–Kier alpha value is -2.20. The average Bonchev–Trinajstić information content (AvgIpc) is 2.99. The van der Waals surface area contributed by atoms with Gasteiger partial charge < -0.3 is 10.2 Å². The maximum absolute atomic E-state index is 13.6. The molecular formula is C20H23FN2O. The SMILES string of the molecule is CN1CC(C(=O)NCCc2ccccc2F)C(c2ccccc2)C1. The second kappa shape index (κ2) is 7.58. The van der Waals surface area contributed by atoms with Crippen LogP contribution in [0.1, 0.15) is 17.0 Å². The number of hydrogen-bond acceptors (Lipinski definition) is 2. The van der Waals surface area contributed by atoms with Crippen LogP contribution in [-0.2, 0) is 11.2 Å². The van der Waals surface area contributed by atoms with E-state index in [-0.39, 0.29) is 23.6 Å². The van der Waals surface area contributed by atoms with E-state index in [4.69, 9.17) is 0 Å². The van der Waals surface area contributed by atoms with Gasteiger partial charge in [-0.05, 0) is 30.7 Å². The first kappa shape index (κ1) is 16.7. The quantitative estimate of drug-likeness (QED) is 0.916. The van der Waals surface area contributed by atoms with Crippen LogP contribution in [-0.4, -0.2) is 37.5 Å². The van der Waals surface area contributed by atoms with Gasteiger partial charge in [0.05, 0.1) is 5.92 Å². The molecule has 2 aromatic rings. The van der Waals surface area contributed by atoms with E-state index in [1.807, 2.05) is 31.3 Å². The Labute approximate surface area is 142 Å². The molecule has 0 spiro atoms. The van der Waals surface area contributed by atoms with Gasteiger partial charge in [-0.15, -0.1) is 0 Å². The number of halogens is 1. The normalized spacial score (nSPS) is 20.9. The number of carbonyl (C=O) groups excluding carboxylic acids is 1. The molecule has 0 bridgehead atoms. The van der Waals surface area contributed by atoms with Gasteiger partial charge in [-0.2, -0.15) is 0 Å². The molecule has 2 unspecified atom stereocenters. The first-order chi connectivity index (χ1) is 11.6. The fraction of sp³-hybridized carbons (Fsp3) is 0.350. The topological polar surface area (TPSA) is 32.3 Å². The lowest BCUT2D eigenvalue weighted by Crippen LogP contribution is -2.35. The number of benzene rings is 2. The molecule has 126 valence electrons. The number of carbonyl (C=O) groups is 1. The molecular weight excluding hydrogens is 303 g/mol. The zero-order chi connectivity index (χ0) is 16.9. The molecule has 4 heteroatoms. The van der Waals surface area contributed by atoms with Crippen LogP contribution in [0.4, 0.5) is 4.39 Å². The third-order valence-corrected chi connectivity index (χ3v) is 4.72. The summed E-state index contributed by atoms with van der Waals surface area (Å²) in [4.78, 5) is 14.8. The molecule has 1 aliphatic rings. The van der Waals surface area contributed by atoms with Crippen LogP contribution >= 0.6 is 0 Å². The van der Waals surface area contributed by atoms with Crippen LogP contribution in [0.2, 0.25) is 0 Å². The third kappa shape index (κ3) is 3.82. The molecule has 24 heavy (non-hydrogen) atoms. The number of amides is 1. The zero-order valence-corrected chi connectivity index (χ0v) is 13.9. The second-order valence-corrected chi connectivity index (χ2v) is 6.48. The van der Waals surface area contributed by atoms with Gasteiger partial charge in [0, 0.05) is 25.6 Å². The maximum atomic E-state index is 13.6. The lowest BCUT2D eigenvalue weighted by Gasteiger charge is -2.18. The number of nitrogens with one attached hydrogen (secondary N) is 1. The minimum atomic E-state index is -0.213. The summed E-state index contributed by atoms with van der Waals surface area (Å²) in [6.07, 6.45) is 0.511. The molecule has 0 saturated carbocycles. The van der Waals surface area contributed by atoms with Crippen molar-refractivity contribution < 1.29 is 9.18 Å². The standard InChI is InChI=1S/C20H23FN2O/c1-23-13-17(15-7-3-2-4-8-15)18(14-23)20(24)22-12-11-16-9-5-6-10-19(16)21/h2-10,17-18H,11-14H2,1H3,(H,22,24). The van der Waals surface area contributed by atoms with E-state index >= 15 is 0 Å². The Morgan fingerprint density at radius 2 is 1.83 bits per heavy atom. The van der Waals surface area contributed by atoms with E-state index in [1.54, 1.807) is 12.1 Å². The Bertz CT molecular complexity index is 689. The molecule has 0 aliphatic carbocycles. The first-order valence-electron chi connectivity index (χ1n) is 8.40. The van der Waals surface area contributed by atoms with Crippen LogP contribution in [0, 0.1) is 11.7 Å². The monoisotopic (exact) mass is 326 g/mol. The maximum Gasteiger partial charge on any atom is 0.225 e. The van der Waals surface area contributed by atoms with Crippen molar-refractivity contribution in [1.82, 2.24) is 10.2 Å². The summed E-state index contributed by atoms with van der Waals surface area (Å²) < 4.78 is 13.6. The number of nitrogens with zero attached hydrogens (tertiary/aromatic N) is 1. The van der Waals surface area contributed by atoms with Crippen molar-refractivity contribution in [1.29, 1.82) is 0 Å². The van der Waals surface area contributed by atoms with Crippen molar-refractivity contribution in [2.75, 3.05) is 26.7 Å². The van der Waals surface area contributed by atoms with Crippen LogP contribution < -0.4 is 5.32 Å². The van der Waals surface area contributed by atoms with Crippen LogP contribution in [0.25, 0.3) is 0 Å². The summed E-state index contributed by atoms with van der Waals surface area (Å²) in [5, 5.41) is 2.99. The fourth-order valence-corrected chi connectivity index (χ4v) is 3.46. The zero-order valence-electron chi connectivity index (χ0n) is 13.9. The van der Waals surface area contributed by atoms with Crippen LogP contribution in [0.15, 0.2) is 54.6 Å². The predicted octanol–water partition coefficient (Wildman–Crippen LogP) is 2.83. The third-order valence-electron chi connectivity index (χ3n) is 4.72. The number of rotatable bonds is 5. The van der Waals surface area contributed by atoms with Crippen molar-refractivity contribution in [3.8, 4) is 0 Å². The van der Waals surface area contributed by atoms with E-state index in [2.05, 4.69) is 22.3 Å². The lowest BCUT2D eigenvalue weighted by molar-refractivity contribution is -0.124. The molecule has 1 amide bonds. The van der Waals surface area contributed by atoms with Crippen molar-refractivity contribution in [3.05, 3.63) is 71.5 Å². The van der Waals surface area contributed by atoms with E-state index in [0.717, 1.165) is 13.1 Å². The molecule has 3 nitrogen and oxygen atoms in total. The molecule has 1 N–H and O–H groups in total. The highest BCUT2D eigenvalue weighted by Crippen LogP contribution is 2.31. The van der Waals surface area contributed by atoms with Gasteiger partial charge in [0.15, 0.2) is 0 Å². The highest BCUT2D eigenvalue weighted by Gasteiger charge is 2.36. The smallest absolute Gasteiger partial charge is 0.225 e. The second-order valence-electron chi connectivity index (χ2n) is 6.48. The summed E-state index contributed by atoms with van der Waals surface area (Å²) in [5.74, 6) is 0.00161. The minimum Gasteiger partial charge on any atom is -0.355 e. The molecule has 3 rings (SSSR count). The Balaban J connectivity index is 1.60. The fourth-order valence-electron chi connectivity index (χ4n) is 3.46. The first-order valence-corrected chi connectivity index (χ1v) is 8.40. The number of likely N-dealkylation sites (N-methyl/N-ethyl adjacent to an activating group) is 1. The van der Waals surface area contributed by atoms with Gasteiger partial charge >= 0.3 is 0 Å². The Morgan fingerprint density at radius 3 is 2.58 bits per heavy atom. The Morgan fingerprint density at radius 1 is 1.12 bits per heavy atom. The van der Waals surface area contributed by atoms with E-state index in [9.17, 15) is 9.18 Å². The van der Waals surface area contributed by atoms with Gasteiger partial charge in [0.2, 0.25) is 5.91 Å². The molecule has 0 radical (unpaired) electrons. The van der Waals surface area contributed by atoms with Gasteiger partial charge in [0.1, 0.15) is 5.82 Å². The largest absolute Gasteiger partial charge is 0.355 e. The van der Waals surface area contributed by atoms with Crippen molar-refractivity contribution in [2.24, 2.45) is 5.92 Å². The average molecular weight is 326 g/mol. The lowest BCUT2D eigenvalue weighted by atomic mass is 9.88. The molecule has 1 fully saturated rings. The highest BCUT2D eigenvalue weighted by atomic mass is 19.1. The summed E-state index contributed by atoms with van der Waals surface area (Å²) in [6.45, 7) is 2.10. The van der Waals surface area contributed by atoms with Gasteiger partial charge in [-0.25, -0.2) is 4.39 Å². The van der Waals surface area contributed by atoms with E-state index in [0.29, 0.717) is 18.5 Å². The highest BCUT2D eigenvalue weighted by molar-refractivity contribution is 5.80. The van der Waals surface area contributed by atoms with Crippen molar-refractivity contribution in [2.45, 2.75) is 12.3 Å². The molecule has 2 aromatic carbocycles.